The van der Waals surface area contributed by atoms with Crippen LogP contribution in [0.1, 0.15) is 17.4 Å². The number of esters is 1. The van der Waals surface area contributed by atoms with E-state index in [4.69, 9.17) is 16.3 Å². The van der Waals surface area contributed by atoms with Gasteiger partial charge in [0.25, 0.3) is 5.56 Å². The first-order valence-corrected chi connectivity index (χ1v) is 10.5. The minimum Gasteiger partial charge on any atom is -0.468 e. The number of hydrogen-bond acceptors (Lipinski definition) is 6. The van der Waals surface area contributed by atoms with Crippen LogP contribution in [0.5, 0.6) is 0 Å². The Bertz CT molecular complexity index is 1230. The molecule has 0 unspecified atom stereocenters. The first kappa shape index (κ1) is 19.9. The first-order chi connectivity index (χ1) is 13.9. The smallest absolute Gasteiger partial charge is 0.337 e. The van der Waals surface area contributed by atoms with E-state index in [1.165, 1.54) is 23.0 Å². The first-order valence-electron chi connectivity index (χ1n) is 9.29. The summed E-state index contributed by atoms with van der Waals surface area (Å²) in [5.74, 6) is -0.550. The van der Waals surface area contributed by atoms with E-state index < -0.39 is 11.7 Å². The van der Waals surface area contributed by atoms with Crippen LogP contribution in [0.3, 0.4) is 0 Å². The van der Waals surface area contributed by atoms with Gasteiger partial charge in [-0.1, -0.05) is 24.6 Å². The van der Waals surface area contributed by atoms with Crippen molar-refractivity contribution in [3.05, 3.63) is 60.6 Å². The van der Waals surface area contributed by atoms with Crippen LogP contribution in [0.25, 0.3) is 15.9 Å². The lowest BCUT2D eigenvalue weighted by Crippen LogP contribution is -2.40. The monoisotopic (exact) mass is 433 g/mol. The number of hydrogen-bond donors (Lipinski definition) is 0. The fourth-order valence-corrected chi connectivity index (χ4v) is 5.26. The van der Waals surface area contributed by atoms with Crippen molar-refractivity contribution >= 4 is 39.1 Å². The number of carbonyl (C=O) groups excluding carboxylic acids is 1. The van der Waals surface area contributed by atoms with Crippen LogP contribution in [0.15, 0.2) is 33.9 Å². The summed E-state index contributed by atoms with van der Waals surface area (Å²) in [4.78, 5) is 42.6. The summed E-state index contributed by atoms with van der Waals surface area (Å²) >= 11 is 7.50. The Morgan fingerprint density at radius 3 is 2.79 bits per heavy atom. The van der Waals surface area contributed by atoms with Gasteiger partial charge in [-0.25, -0.2) is 9.36 Å². The fourth-order valence-electron chi connectivity index (χ4n) is 3.70. The van der Waals surface area contributed by atoms with Gasteiger partial charge in [-0.2, -0.15) is 0 Å². The highest BCUT2D eigenvalue weighted by atomic mass is 35.5. The number of nitrogens with zero attached hydrogens (tertiary/aromatic N) is 3. The van der Waals surface area contributed by atoms with Crippen LogP contribution in [0.2, 0.25) is 5.02 Å². The highest BCUT2D eigenvalue weighted by Gasteiger charge is 2.27. The molecule has 0 aliphatic carbocycles. The summed E-state index contributed by atoms with van der Waals surface area (Å²) in [5.41, 5.74) is 0.380. The van der Waals surface area contributed by atoms with Gasteiger partial charge in [0.1, 0.15) is 11.4 Å². The molecule has 7 nitrogen and oxygen atoms in total. The molecule has 3 heterocycles. The van der Waals surface area contributed by atoms with E-state index in [9.17, 15) is 14.4 Å². The Morgan fingerprint density at radius 2 is 2.10 bits per heavy atom. The van der Waals surface area contributed by atoms with Gasteiger partial charge in [-0.3, -0.25) is 19.1 Å². The van der Waals surface area contributed by atoms with Crippen molar-refractivity contribution < 1.29 is 9.53 Å². The molecule has 0 saturated carbocycles. The van der Waals surface area contributed by atoms with Crippen LogP contribution < -0.4 is 11.2 Å². The SMILES string of the molecule is CCN1CCc2c(sc3c2c(=O)n(-c2cccc(Cl)c2)c(=O)n3CC(=O)OC)C1. The van der Waals surface area contributed by atoms with Gasteiger partial charge >= 0.3 is 11.7 Å². The Balaban J connectivity index is 2.06. The van der Waals surface area contributed by atoms with E-state index in [0.717, 1.165) is 41.1 Å². The Hall–Kier alpha value is -2.42. The van der Waals surface area contributed by atoms with Crippen LogP contribution in [-0.4, -0.2) is 40.2 Å². The van der Waals surface area contributed by atoms with Gasteiger partial charge in [-0.15, -0.1) is 11.3 Å². The van der Waals surface area contributed by atoms with Gasteiger partial charge in [0.2, 0.25) is 0 Å². The Kier molecular flexibility index (Phi) is 5.33. The maximum atomic E-state index is 13.4. The van der Waals surface area contributed by atoms with Crippen molar-refractivity contribution in [1.29, 1.82) is 0 Å². The number of benzene rings is 1. The number of aromatic nitrogens is 2. The molecule has 0 fully saturated rings. The molecule has 152 valence electrons. The molecule has 2 aromatic heterocycles. The zero-order chi connectivity index (χ0) is 20.7. The Labute approximate surface area is 175 Å². The third-order valence-corrected chi connectivity index (χ3v) is 6.71. The molecular formula is C20H20ClN3O4S. The highest BCUT2D eigenvalue weighted by Crippen LogP contribution is 2.33. The standard InChI is InChI=1S/C20H20ClN3O4S/c1-3-22-8-7-14-15(10-22)29-19-17(14)18(26)24(13-6-4-5-12(21)9-13)20(27)23(19)11-16(25)28-2/h4-6,9H,3,7-8,10-11H2,1-2H3. The summed E-state index contributed by atoms with van der Waals surface area (Å²) in [6.07, 6.45) is 0.727. The van der Waals surface area contributed by atoms with Gasteiger partial charge in [-0.05, 0) is 36.7 Å². The van der Waals surface area contributed by atoms with E-state index in [1.807, 2.05) is 0 Å². The lowest BCUT2D eigenvalue weighted by molar-refractivity contribution is -0.141. The zero-order valence-electron chi connectivity index (χ0n) is 16.1. The number of methoxy groups -OCH3 is 1. The molecule has 0 atom stereocenters. The molecule has 0 bridgehead atoms. The molecule has 0 N–H and O–H groups in total. The summed E-state index contributed by atoms with van der Waals surface area (Å²) in [6, 6.07) is 6.57. The summed E-state index contributed by atoms with van der Waals surface area (Å²) in [6.45, 7) is 4.33. The minimum absolute atomic E-state index is 0.260. The third-order valence-electron chi connectivity index (χ3n) is 5.23. The normalized spacial score (nSPS) is 14.2. The van der Waals surface area contributed by atoms with Crippen LogP contribution in [0, 0.1) is 0 Å². The van der Waals surface area contributed by atoms with E-state index in [1.54, 1.807) is 24.3 Å². The summed E-state index contributed by atoms with van der Waals surface area (Å²) in [7, 11) is 1.27. The predicted octanol–water partition coefficient (Wildman–Crippen LogP) is 2.42. The van der Waals surface area contributed by atoms with Gasteiger partial charge in [0, 0.05) is 23.0 Å². The number of rotatable bonds is 4. The molecule has 0 saturated heterocycles. The van der Waals surface area contributed by atoms with Gasteiger partial charge in [0.05, 0.1) is 18.2 Å². The number of fused-ring (bicyclic) bond motifs is 3. The summed E-state index contributed by atoms with van der Waals surface area (Å²) in [5, 5.41) is 0.920. The number of ether oxygens (including phenoxy) is 1. The van der Waals surface area contributed by atoms with Crippen LogP contribution in [0.4, 0.5) is 0 Å². The van der Waals surface area contributed by atoms with Crippen LogP contribution in [-0.2, 0) is 29.0 Å². The maximum absolute atomic E-state index is 13.4. The van der Waals surface area contributed by atoms with Crippen molar-refractivity contribution in [3.63, 3.8) is 0 Å². The lowest BCUT2D eigenvalue weighted by Gasteiger charge is -2.24. The largest absolute Gasteiger partial charge is 0.468 e. The minimum atomic E-state index is -0.582. The van der Waals surface area contributed by atoms with Crippen LogP contribution >= 0.6 is 22.9 Å². The summed E-state index contributed by atoms with van der Waals surface area (Å²) < 4.78 is 7.21. The van der Waals surface area contributed by atoms with Crippen molar-refractivity contribution in [3.8, 4) is 5.69 Å². The quantitative estimate of drug-likeness (QED) is 0.591. The van der Waals surface area contributed by atoms with Crippen molar-refractivity contribution in [2.24, 2.45) is 0 Å². The lowest BCUT2D eigenvalue weighted by atomic mass is 10.1. The molecule has 3 aromatic rings. The van der Waals surface area contributed by atoms with Gasteiger partial charge in [0.15, 0.2) is 0 Å². The zero-order valence-corrected chi connectivity index (χ0v) is 17.7. The maximum Gasteiger partial charge on any atom is 0.337 e. The van der Waals surface area contributed by atoms with E-state index in [2.05, 4.69) is 11.8 Å². The molecule has 29 heavy (non-hydrogen) atoms. The molecule has 4 rings (SSSR count). The average Bonchev–Trinajstić information content (AvgIpc) is 3.09. The predicted molar refractivity (Wildman–Crippen MR) is 113 cm³/mol. The van der Waals surface area contributed by atoms with Crippen molar-refractivity contribution in [1.82, 2.24) is 14.0 Å². The van der Waals surface area contributed by atoms with Crippen molar-refractivity contribution in [2.45, 2.75) is 26.4 Å². The molecular weight excluding hydrogens is 414 g/mol. The van der Waals surface area contributed by atoms with E-state index >= 15 is 0 Å². The third kappa shape index (κ3) is 3.41. The second-order valence-corrected chi connectivity index (χ2v) is 8.39. The fraction of sp³-hybridized carbons (Fsp3) is 0.350. The number of thiophene rings is 1. The molecule has 1 aliphatic rings. The van der Waals surface area contributed by atoms with E-state index in [-0.39, 0.29) is 12.1 Å². The highest BCUT2D eigenvalue weighted by molar-refractivity contribution is 7.18. The molecule has 9 heteroatoms. The van der Waals surface area contributed by atoms with E-state index in [0.29, 0.717) is 20.9 Å². The molecule has 1 aromatic carbocycles. The molecule has 1 aliphatic heterocycles. The average molecular weight is 434 g/mol. The van der Waals surface area contributed by atoms with Crippen molar-refractivity contribution in [2.75, 3.05) is 20.2 Å². The second kappa shape index (κ2) is 7.78. The number of likely N-dealkylation sites (N-methyl/N-ethyl adjacent to an activating group) is 1. The van der Waals surface area contributed by atoms with Gasteiger partial charge < -0.3 is 4.74 Å². The Morgan fingerprint density at radius 1 is 1.31 bits per heavy atom. The number of carbonyl (C=O) groups is 1. The molecule has 0 spiro atoms. The molecule has 0 amide bonds. The second-order valence-electron chi connectivity index (χ2n) is 6.87. The number of halogens is 1. The molecule has 0 radical (unpaired) electrons. The topological polar surface area (TPSA) is 73.5 Å².